The number of benzene rings is 2. The molecule has 0 spiro atoms. The van der Waals surface area contributed by atoms with Gasteiger partial charge in [-0.15, -0.1) is 0 Å². The van der Waals surface area contributed by atoms with Gasteiger partial charge < -0.3 is 10.1 Å². The number of hydrogen-bond donors (Lipinski definition) is 1. The standard InChI is InChI=1S/C18H15Cl2N3O2/c1-25-14-4-2-3-12(9-14)10-18(24)21-17-7-8-23(22-17)13-5-6-15(19)16(20)11-13/h2-9,11H,10H2,1H3,(H,21,22,24). The average molecular weight is 376 g/mol. The molecular weight excluding hydrogens is 361 g/mol. The summed E-state index contributed by atoms with van der Waals surface area (Å²) in [6.07, 6.45) is 1.97. The number of halogens is 2. The molecule has 1 aromatic heterocycles. The Morgan fingerprint density at radius 3 is 2.76 bits per heavy atom. The first-order chi connectivity index (χ1) is 12.0. The Morgan fingerprint density at radius 2 is 2.00 bits per heavy atom. The van der Waals surface area contributed by atoms with Crippen molar-refractivity contribution in [3.63, 3.8) is 0 Å². The Bertz CT molecular complexity index is 909. The van der Waals surface area contributed by atoms with Crippen LogP contribution in [-0.2, 0) is 11.2 Å². The second-order valence-electron chi connectivity index (χ2n) is 5.32. The molecule has 0 saturated heterocycles. The van der Waals surface area contributed by atoms with Crippen molar-refractivity contribution < 1.29 is 9.53 Å². The van der Waals surface area contributed by atoms with Gasteiger partial charge in [-0.25, -0.2) is 4.68 Å². The molecule has 1 amide bonds. The highest BCUT2D eigenvalue weighted by Gasteiger charge is 2.08. The highest BCUT2D eigenvalue weighted by atomic mass is 35.5. The van der Waals surface area contributed by atoms with Gasteiger partial charge >= 0.3 is 0 Å². The van der Waals surface area contributed by atoms with Crippen LogP contribution in [0.1, 0.15) is 5.56 Å². The minimum absolute atomic E-state index is 0.160. The summed E-state index contributed by atoms with van der Waals surface area (Å²) in [7, 11) is 1.59. The summed E-state index contributed by atoms with van der Waals surface area (Å²) in [6, 6.07) is 14.3. The molecule has 128 valence electrons. The number of methoxy groups -OCH3 is 1. The van der Waals surface area contributed by atoms with Gasteiger partial charge in [-0.05, 0) is 35.9 Å². The Kier molecular flexibility index (Phi) is 5.26. The lowest BCUT2D eigenvalue weighted by molar-refractivity contribution is -0.115. The summed E-state index contributed by atoms with van der Waals surface area (Å²) < 4.78 is 6.77. The van der Waals surface area contributed by atoms with E-state index in [-0.39, 0.29) is 12.3 Å². The predicted molar refractivity (Wildman–Crippen MR) is 98.9 cm³/mol. The third kappa shape index (κ3) is 4.32. The zero-order chi connectivity index (χ0) is 17.8. The molecule has 3 aromatic rings. The first kappa shape index (κ1) is 17.3. The molecule has 2 aromatic carbocycles. The van der Waals surface area contributed by atoms with Crippen LogP contribution in [0, 0.1) is 0 Å². The second kappa shape index (κ2) is 7.59. The monoisotopic (exact) mass is 375 g/mol. The molecule has 0 aliphatic carbocycles. The molecule has 0 fully saturated rings. The van der Waals surface area contributed by atoms with Crippen LogP contribution < -0.4 is 10.1 Å². The van der Waals surface area contributed by atoms with Crippen molar-refractivity contribution in [3.05, 3.63) is 70.3 Å². The number of ether oxygens (including phenoxy) is 1. The van der Waals surface area contributed by atoms with Crippen LogP contribution in [-0.4, -0.2) is 22.8 Å². The Hall–Kier alpha value is -2.50. The normalized spacial score (nSPS) is 10.5. The molecule has 25 heavy (non-hydrogen) atoms. The van der Waals surface area contributed by atoms with Gasteiger partial charge in [-0.3, -0.25) is 4.79 Å². The SMILES string of the molecule is COc1cccc(CC(=O)Nc2ccn(-c3ccc(Cl)c(Cl)c3)n2)c1. The van der Waals surface area contributed by atoms with Gasteiger partial charge in [0.05, 0.1) is 29.3 Å². The summed E-state index contributed by atoms with van der Waals surface area (Å²) in [4.78, 5) is 12.2. The smallest absolute Gasteiger partial charge is 0.229 e. The first-order valence-corrected chi connectivity index (χ1v) is 8.24. The van der Waals surface area contributed by atoms with Gasteiger partial charge in [0.15, 0.2) is 5.82 Å². The third-order valence-electron chi connectivity index (χ3n) is 3.52. The van der Waals surface area contributed by atoms with E-state index in [0.29, 0.717) is 21.6 Å². The summed E-state index contributed by atoms with van der Waals surface area (Å²) >= 11 is 11.9. The van der Waals surface area contributed by atoms with Crippen LogP contribution in [0.5, 0.6) is 5.75 Å². The molecule has 1 heterocycles. The van der Waals surface area contributed by atoms with E-state index >= 15 is 0 Å². The molecule has 0 aliphatic heterocycles. The lowest BCUT2D eigenvalue weighted by atomic mass is 10.1. The van der Waals surface area contributed by atoms with Crippen molar-refractivity contribution in [1.29, 1.82) is 0 Å². The maximum Gasteiger partial charge on any atom is 0.229 e. The molecule has 0 unspecified atom stereocenters. The number of carbonyl (C=O) groups is 1. The largest absolute Gasteiger partial charge is 0.497 e. The Balaban J connectivity index is 1.68. The molecular formula is C18H15Cl2N3O2. The highest BCUT2D eigenvalue weighted by molar-refractivity contribution is 6.42. The van der Waals surface area contributed by atoms with Crippen LogP contribution in [0.4, 0.5) is 5.82 Å². The number of aromatic nitrogens is 2. The van der Waals surface area contributed by atoms with Crippen molar-refractivity contribution >= 4 is 34.9 Å². The quantitative estimate of drug-likeness (QED) is 0.720. The Morgan fingerprint density at radius 1 is 1.16 bits per heavy atom. The van der Waals surface area contributed by atoms with Gasteiger partial charge in [0.2, 0.25) is 5.91 Å². The minimum atomic E-state index is -0.160. The van der Waals surface area contributed by atoms with E-state index in [0.717, 1.165) is 11.3 Å². The number of anilines is 1. The van der Waals surface area contributed by atoms with E-state index in [4.69, 9.17) is 27.9 Å². The van der Waals surface area contributed by atoms with Crippen molar-refractivity contribution in [1.82, 2.24) is 9.78 Å². The van der Waals surface area contributed by atoms with Crippen LogP contribution in [0.15, 0.2) is 54.7 Å². The fourth-order valence-electron chi connectivity index (χ4n) is 2.32. The van der Waals surface area contributed by atoms with Crippen molar-refractivity contribution in [3.8, 4) is 11.4 Å². The van der Waals surface area contributed by atoms with E-state index in [1.165, 1.54) is 0 Å². The summed E-state index contributed by atoms with van der Waals surface area (Å²) in [5, 5.41) is 8.02. The Labute approximate surface area is 155 Å². The number of amides is 1. The number of nitrogens with one attached hydrogen (secondary N) is 1. The van der Waals surface area contributed by atoms with Crippen LogP contribution >= 0.6 is 23.2 Å². The third-order valence-corrected chi connectivity index (χ3v) is 4.26. The lowest BCUT2D eigenvalue weighted by Gasteiger charge is -2.05. The van der Waals surface area contributed by atoms with Crippen LogP contribution in [0.25, 0.3) is 5.69 Å². The molecule has 0 saturated carbocycles. The number of hydrogen-bond acceptors (Lipinski definition) is 3. The van der Waals surface area contributed by atoms with Gasteiger partial charge in [-0.2, -0.15) is 5.10 Å². The van der Waals surface area contributed by atoms with Crippen molar-refractivity contribution in [2.24, 2.45) is 0 Å². The number of rotatable bonds is 5. The van der Waals surface area contributed by atoms with E-state index in [1.807, 2.05) is 24.3 Å². The summed E-state index contributed by atoms with van der Waals surface area (Å²) in [5.41, 5.74) is 1.61. The molecule has 7 heteroatoms. The van der Waals surface area contributed by atoms with Crippen molar-refractivity contribution in [2.45, 2.75) is 6.42 Å². The molecule has 1 N–H and O–H groups in total. The van der Waals surface area contributed by atoms with E-state index in [1.54, 1.807) is 42.3 Å². The lowest BCUT2D eigenvalue weighted by Crippen LogP contribution is -2.15. The molecule has 0 radical (unpaired) electrons. The van der Waals surface area contributed by atoms with Gasteiger partial charge in [0.1, 0.15) is 5.75 Å². The number of carbonyl (C=O) groups excluding carboxylic acids is 1. The van der Waals surface area contributed by atoms with Crippen LogP contribution in [0.3, 0.4) is 0 Å². The molecule has 0 atom stereocenters. The zero-order valence-electron chi connectivity index (χ0n) is 13.4. The number of nitrogens with zero attached hydrogens (tertiary/aromatic N) is 2. The maximum absolute atomic E-state index is 12.2. The second-order valence-corrected chi connectivity index (χ2v) is 6.13. The first-order valence-electron chi connectivity index (χ1n) is 7.49. The van der Waals surface area contributed by atoms with Gasteiger partial charge in [0.25, 0.3) is 0 Å². The summed E-state index contributed by atoms with van der Waals surface area (Å²) in [6.45, 7) is 0. The average Bonchev–Trinajstić information content (AvgIpc) is 3.05. The fraction of sp³-hybridized carbons (Fsp3) is 0.111. The highest BCUT2D eigenvalue weighted by Crippen LogP contribution is 2.24. The van der Waals surface area contributed by atoms with E-state index in [2.05, 4.69) is 10.4 Å². The van der Waals surface area contributed by atoms with Crippen LogP contribution in [0.2, 0.25) is 10.0 Å². The molecule has 5 nitrogen and oxygen atoms in total. The fourth-order valence-corrected chi connectivity index (χ4v) is 2.61. The minimum Gasteiger partial charge on any atom is -0.497 e. The molecule has 0 aliphatic rings. The van der Waals surface area contributed by atoms with Gasteiger partial charge in [-0.1, -0.05) is 35.3 Å². The molecule has 0 bridgehead atoms. The summed E-state index contributed by atoms with van der Waals surface area (Å²) in [5.74, 6) is 1.01. The van der Waals surface area contributed by atoms with E-state index < -0.39 is 0 Å². The zero-order valence-corrected chi connectivity index (χ0v) is 14.9. The van der Waals surface area contributed by atoms with Gasteiger partial charge in [0, 0.05) is 12.3 Å². The molecule has 3 rings (SSSR count). The maximum atomic E-state index is 12.2. The van der Waals surface area contributed by atoms with Crippen molar-refractivity contribution in [2.75, 3.05) is 12.4 Å². The predicted octanol–water partition coefficient (Wildman–Crippen LogP) is 4.37. The topological polar surface area (TPSA) is 56.1 Å². The van der Waals surface area contributed by atoms with E-state index in [9.17, 15) is 4.79 Å².